The fourth-order valence-electron chi connectivity index (χ4n) is 0.916. The third-order valence-electron chi connectivity index (χ3n) is 1.74. The molecule has 1 aromatic rings. The Bertz CT molecular complexity index is 238. The Hall–Kier alpha value is -0.570. The van der Waals surface area contributed by atoms with Crippen molar-refractivity contribution in [2.24, 2.45) is 0 Å². The lowest BCUT2D eigenvalue weighted by Crippen LogP contribution is -1.85. The van der Waals surface area contributed by atoms with Crippen molar-refractivity contribution in [3.63, 3.8) is 0 Å². The van der Waals surface area contributed by atoms with Crippen LogP contribution in [-0.2, 0) is 0 Å². The van der Waals surface area contributed by atoms with Crippen LogP contribution in [0.15, 0.2) is 4.52 Å². The SMILES string of the molecule is CC(Cl)c1nc(C2CC2)no1. The van der Waals surface area contributed by atoms with Crippen LogP contribution >= 0.6 is 11.6 Å². The second-order valence-corrected chi connectivity index (χ2v) is 3.54. The summed E-state index contributed by atoms with van der Waals surface area (Å²) in [5, 5.41) is 3.66. The Kier molecular flexibility index (Phi) is 1.60. The first-order valence-corrected chi connectivity index (χ1v) is 4.18. The Morgan fingerprint density at radius 3 is 2.82 bits per heavy atom. The lowest BCUT2D eigenvalue weighted by atomic mass is 10.4. The smallest absolute Gasteiger partial charge is 0.244 e. The number of nitrogens with zero attached hydrogens (tertiary/aromatic N) is 2. The van der Waals surface area contributed by atoms with E-state index in [-0.39, 0.29) is 5.38 Å². The molecule has 1 aromatic heterocycles. The summed E-state index contributed by atoms with van der Waals surface area (Å²) in [5.41, 5.74) is 0. The molecule has 0 aromatic carbocycles. The van der Waals surface area contributed by atoms with Gasteiger partial charge >= 0.3 is 0 Å². The van der Waals surface area contributed by atoms with E-state index in [0.717, 1.165) is 5.82 Å². The van der Waals surface area contributed by atoms with Gasteiger partial charge < -0.3 is 4.52 Å². The molecule has 1 fully saturated rings. The monoisotopic (exact) mass is 172 g/mol. The van der Waals surface area contributed by atoms with Crippen LogP contribution in [-0.4, -0.2) is 10.1 Å². The molecule has 1 aliphatic carbocycles. The van der Waals surface area contributed by atoms with E-state index in [4.69, 9.17) is 16.1 Å². The molecule has 3 nitrogen and oxygen atoms in total. The van der Waals surface area contributed by atoms with Crippen molar-refractivity contribution in [3.05, 3.63) is 11.7 Å². The molecule has 0 aliphatic heterocycles. The van der Waals surface area contributed by atoms with Crippen LogP contribution in [0.25, 0.3) is 0 Å². The van der Waals surface area contributed by atoms with Gasteiger partial charge in [0.15, 0.2) is 5.82 Å². The van der Waals surface area contributed by atoms with Gasteiger partial charge in [-0.1, -0.05) is 5.16 Å². The van der Waals surface area contributed by atoms with Gasteiger partial charge in [0.1, 0.15) is 5.38 Å². The van der Waals surface area contributed by atoms with E-state index in [9.17, 15) is 0 Å². The van der Waals surface area contributed by atoms with Gasteiger partial charge in [0.05, 0.1) is 0 Å². The minimum atomic E-state index is -0.171. The molecule has 0 spiro atoms. The van der Waals surface area contributed by atoms with E-state index < -0.39 is 0 Å². The van der Waals surface area contributed by atoms with Gasteiger partial charge in [0.25, 0.3) is 0 Å². The number of hydrogen-bond donors (Lipinski definition) is 0. The van der Waals surface area contributed by atoms with Gasteiger partial charge in [0.2, 0.25) is 5.89 Å². The van der Waals surface area contributed by atoms with Crippen LogP contribution in [0.3, 0.4) is 0 Å². The highest BCUT2D eigenvalue weighted by Gasteiger charge is 2.29. The van der Waals surface area contributed by atoms with Crippen LogP contribution in [0.4, 0.5) is 0 Å². The third-order valence-corrected chi connectivity index (χ3v) is 1.93. The first-order chi connectivity index (χ1) is 5.27. The van der Waals surface area contributed by atoms with Gasteiger partial charge in [-0.15, -0.1) is 11.6 Å². The van der Waals surface area contributed by atoms with E-state index in [0.29, 0.717) is 11.8 Å². The predicted molar refractivity (Wildman–Crippen MR) is 40.5 cm³/mol. The number of halogens is 1. The van der Waals surface area contributed by atoms with Gasteiger partial charge in [-0.3, -0.25) is 0 Å². The molecular weight excluding hydrogens is 164 g/mol. The zero-order valence-electron chi connectivity index (χ0n) is 6.25. The molecule has 4 heteroatoms. The summed E-state index contributed by atoms with van der Waals surface area (Å²) in [7, 11) is 0. The van der Waals surface area contributed by atoms with E-state index >= 15 is 0 Å². The lowest BCUT2D eigenvalue weighted by Gasteiger charge is -1.89. The molecule has 1 aliphatic rings. The van der Waals surface area contributed by atoms with Crippen molar-refractivity contribution in [2.75, 3.05) is 0 Å². The minimum absolute atomic E-state index is 0.171. The molecule has 2 rings (SSSR count). The molecule has 1 heterocycles. The van der Waals surface area contributed by atoms with Crippen molar-refractivity contribution >= 4 is 11.6 Å². The van der Waals surface area contributed by atoms with Crippen molar-refractivity contribution in [1.82, 2.24) is 10.1 Å². The summed E-state index contributed by atoms with van der Waals surface area (Å²) in [6.07, 6.45) is 2.38. The zero-order valence-corrected chi connectivity index (χ0v) is 7.01. The summed E-state index contributed by atoms with van der Waals surface area (Å²) in [6, 6.07) is 0. The maximum atomic E-state index is 5.75. The van der Waals surface area contributed by atoms with Crippen LogP contribution in [0, 0.1) is 0 Å². The summed E-state index contributed by atoms with van der Waals surface area (Å²) in [5.74, 6) is 1.91. The van der Waals surface area contributed by atoms with Crippen LogP contribution in [0.5, 0.6) is 0 Å². The van der Waals surface area contributed by atoms with E-state index in [1.165, 1.54) is 12.8 Å². The first kappa shape index (κ1) is 7.10. The maximum absolute atomic E-state index is 5.75. The summed E-state index contributed by atoms with van der Waals surface area (Å²) in [6.45, 7) is 1.83. The average Bonchev–Trinajstić information content (AvgIpc) is 2.68. The summed E-state index contributed by atoms with van der Waals surface area (Å²) < 4.78 is 4.93. The topological polar surface area (TPSA) is 38.9 Å². The molecule has 0 saturated heterocycles. The average molecular weight is 173 g/mol. The fourth-order valence-corrected chi connectivity index (χ4v) is 1.00. The second kappa shape index (κ2) is 2.48. The van der Waals surface area contributed by atoms with E-state index in [1.54, 1.807) is 0 Å². The highest BCUT2D eigenvalue weighted by molar-refractivity contribution is 6.20. The van der Waals surface area contributed by atoms with Crippen LogP contribution in [0.1, 0.15) is 42.8 Å². The Morgan fingerprint density at radius 1 is 1.64 bits per heavy atom. The number of rotatable bonds is 2. The Morgan fingerprint density at radius 2 is 2.36 bits per heavy atom. The molecule has 0 radical (unpaired) electrons. The van der Waals surface area contributed by atoms with Gasteiger partial charge in [0, 0.05) is 5.92 Å². The molecule has 0 N–H and O–H groups in total. The lowest BCUT2D eigenvalue weighted by molar-refractivity contribution is 0.373. The van der Waals surface area contributed by atoms with Crippen LogP contribution < -0.4 is 0 Å². The molecule has 60 valence electrons. The summed E-state index contributed by atoms with van der Waals surface area (Å²) in [4.78, 5) is 4.16. The fraction of sp³-hybridized carbons (Fsp3) is 0.714. The van der Waals surface area contributed by atoms with Gasteiger partial charge in [-0.05, 0) is 19.8 Å². The maximum Gasteiger partial charge on any atom is 0.244 e. The molecule has 1 saturated carbocycles. The standard InChI is InChI=1S/C7H9ClN2O/c1-4(8)7-9-6(10-11-7)5-2-3-5/h4-5H,2-3H2,1H3. The second-order valence-electron chi connectivity index (χ2n) is 2.88. The molecule has 0 bridgehead atoms. The van der Waals surface area contributed by atoms with Gasteiger partial charge in [-0.25, -0.2) is 0 Å². The normalized spacial score (nSPS) is 20.2. The van der Waals surface area contributed by atoms with E-state index in [2.05, 4.69) is 10.1 Å². The van der Waals surface area contributed by atoms with Crippen LogP contribution in [0.2, 0.25) is 0 Å². The predicted octanol–water partition coefficient (Wildman–Crippen LogP) is 2.25. The van der Waals surface area contributed by atoms with Crippen molar-refractivity contribution in [2.45, 2.75) is 31.1 Å². The largest absolute Gasteiger partial charge is 0.338 e. The highest BCUT2D eigenvalue weighted by Crippen LogP contribution is 2.38. The van der Waals surface area contributed by atoms with E-state index in [1.807, 2.05) is 6.92 Å². The molecule has 1 unspecified atom stereocenters. The zero-order chi connectivity index (χ0) is 7.84. The highest BCUT2D eigenvalue weighted by atomic mass is 35.5. The van der Waals surface area contributed by atoms with Crippen molar-refractivity contribution in [3.8, 4) is 0 Å². The number of aromatic nitrogens is 2. The Balaban J connectivity index is 2.18. The first-order valence-electron chi connectivity index (χ1n) is 3.75. The quantitative estimate of drug-likeness (QED) is 0.643. The van der Waals surface area contributed by atoms with Crippen molar-refractivity contribution in [1.29, 1.82) is 0 Å². The molecule has 11 heavy (non-hydrogen) atoms. The summed E-state index contributed by atoms with van der Waals surface area (Å²) >= 11 is 5.75. The molecular formula is C7H9ClN2O. The number of hydrogen-bond acceptors (Lipinski definition) is 3. The minimum Gasteiger partial charge on any atom is -0.338 e. The number of alkyl halides is 1. The molecule has 0 amide bonds. The molecule has 1 atom stereocenters. The third kappa shape index (κ3) is 1.38. The van der Waals surface area contributed by atoms with Gasteiger partial charge in [-0.2, -0.15) is 4.98 Å². The van der Waals surface area contributed by atoms with Crippen molar-refractivity contribution < 1.29 is 4.52 Å². The Labute approximate surface area is 69.7 Å².